The van der Waals surface area contributed by atoms with Gasteiger partial charge in [0.15, 0.2) is 0 Å². The molecule has 0 fully saturated rings. The topological polar surface area (TPSA) is 64.6 Å². The molecule has 1 aliphatic heterocycles. The van der Waals surface area contributed by atoms with Crippen LogP contribution in [0.2, 0.25) is 0 Å². The van der Waals surface area contributed by atoms with E-state index in [0.29, 0.717) is 36.7 Å². The van der Waals surface area contributed by atoms with Gasteiger partial charge < -0.3 is 24.9 Å². The van der Waals surface area contributed by atoms with Crippen molar-refractivity contribution in [2.45, 2.75) is 32.2 Å². The Hall–Kier alpha value is -2.61. The minimum Gasteiger partial charge on any atom is -0.550 e. The molecule has 1 heterocycles. The summed E-state index contributed by atoms with van der Waals surface area (Å²) in [5.41, 5.74) is 4.58. The number of nitrogens with zero attached hydrogens (tertiary/aromatic N) is 1. The van der Waals surface area contributed by atoms with E-state index >= 15 is 0 Å². The molecule has 0 aliphatic carbocycles. The number of ether oxygens (including phenoxy) is 1. The Morgan fingerprint density at radius 3 is 2.66 bits per heavy atom. The van der Waals surface area contributed by atoms with Crippen molar-refractivity contribution in [3.63, 3.8) is 0 Å². The van der Waals surface area contributed by atoms with Crippen LogP contribution in [0.1, 0.15) is 29.5 Å². The molecule has 3 aromatic rings. The molecule has 0 radical (unpaired) electrons. The summed E-state index contributed by atoms with van der Waals surface area (Å²) >= 11 is 0. The molecular formula is C27H27F2N2NaO3. The van der Waals surface area contributed by atoms with E-state index in [1.165, 1.54) is 23.8 Å². The number of hydrogen-bond donors (Lipinski definition) is 1. The SMILES string of the molecule is O=C([O-])CCc1ccc(NCc2cccc3c2CCCN3CCOc2cccc(F)c2)cc1F.[Na+]. The molecule has 0 saturated carbocycles. The molecule has 35 heavy (non-hydrogen) atoms. The number of carbonyl (C=O) groups excluding carboxylic acids is 1. The summed E-state index contributed by atoms with van der Waals surface area (Å²) < 4.78 is 33.4. The van der Waals surface area contributed by atoms with E-state index in [1.807, 2.05) is 6.07 Å². The van der Waals surface area contributed by atoms with Gasteiger partial charge in [-0.15, -0.1) is 0 Å². The van der Waals surface area contributed by atoms with Gasteiger partial charge in [0.2, 0.25) is 0 Å². The van der Waals surface area contributed by atoms with Crippen molar-refractivity contribution in [3.05, 3.63) is 89.0 Å². The number of carboxylic acid groups (broad SMARTS) is 1. The molecule has 0 saturated heterocycles. The van der Waals surface area contributed by atoms with Gasteiger partial charge in [0.1, 0.15) is 24.0 Å². The number of fused-ring (bicyclic) bond motifs is 1. The molecule has 0 unspecified atom stereocenters. The summed E-state index contributed by atoms with van der Waals surface area (Å²) in [6.07, 6.45) is 1.89. The Kier molecular flexibility index (Phi) is 9.95. The van der Waals surface area contributed by atoms with Gasteiger partial charge in [0.25, 0.3) is 0 Å². The largest absolute Gasteiger partial charge is 1.00 e. The van der Waals surface area contributed by atoms with E-state index in [-0.39, 0.29) is 48.2 Å². The van der Waals surface area contributed by atoms with Gasteiger partial charge in [-0.3, -0.25) is 0 Å². The van der Waals surface area contributed by atoms with Gasteiger partial charge in [0.05, 0.1) is 6.54 Å². The molecule has 0 atom stereocenters. The van der Waals surface area contributed by atoms with Crippen molar-refractivity contribution < 1.29 is 53.0 Å². The van der Waals surface area contributed by atoms with Crippen molar-refractivity contribution in [1.82, 2.24) is 0 Å². The van der Waals surface area contributed by atoms with Gasteiger partial charge in [-0.25, -0.2) is 8.78 Å². The van der Waals surface area contributed by atoms with Crippen LogP contribution in [-0.2, 0) is 24.2 Å². The number of aryl methyl sites for hydroxylation is 1. The molecule has 0 spiro atoms. The molecule has 8 heteroatoms. The number of carbonyl (C=O) groups is 1. The number of halogens is 2. The number of anilines is 2. The molecular weight excluding hydrogens is 461 g/mol. The first-order chi connectivity index (χ1) is 16.5. The Labute approximate surface area is 226 Å². The number of carboxylic acids is 1. The Morgan fingerprint density at radius 2 is 1.89 bits per heavy atom. The Morgan fingerprint density at radius 1 is 1.06 bits per heavy atom. The molecule has 1 aliphatic rings. The number of hydrogen-bond acceptors (Lipinski definition) is 5. The van der Waals surface area contributed by atoms with E-state index in [2.05, 4.69) is 22.3 Å². The first-order valence-corrected chi connectivity index (χ1v) is 11.5. The summed E-state index contributed by atoms with van der Waals surface area (Å²) in [6, 6.07) is 17.1. The van der Waals surface area contributed by atoms with Gasteiger partial charge >= 0.3 is 29.6 Å². The van der Waals surface area contributed by atoms with Crippen LogP contribution >= 0.6 is 0 Å². The van der Waals surface area contributed by atoms with E-state index < -0.39 is 11.8 Å². The van der Waals surface area contributed by atoms with E-state index in [0.717, 1.165) is 30.6 Å². The smallest absolute Gasteiger partial charge is 0.550 e. The second kappa shape index (κ2) is 12.9. The third kappa shape index (κ3) is 7.43. The quantitative estimate of drug-likeness (QED) is 0.433. The molecule has 0 amide bonds. The van der Waals surface area contributed by atoms with Crippen LogP contribution in [-0.4, -0.2) is 25.7 Å². The molecule has 0 aromatic heterocycles. The van der Waals surface area contributed by atoms with Crippen molar-refractivity contribution in [2.75, 3.05) is 29.9 Å². The normalized spacial score (nSPS) is 12.5. The van der Waals surface area contributed by atoms with Crippen LogP contribution in [0.15, 0.2) is 60.7 Å². The molecule has 5 nitrogen and oxygen atoms in total. The van der Waals surface area contributed by atoms with Crippen LogP contribution < -0.4 is 49.6 Å². The molecule has 3 aromatic carbocycles. The third-order valence-corrected chi connectivity index (χ3v) is 6.00. The van der Waals surface area contributed by atoms with E-state index in [1.54, 1.807) is 24.3 Å². The minimum atomic E-state index is -1.19. The predicted molar refractivity (Wildman–Crippen MR) is 126 cm³/mol. The summed E-state index contributed by atoms with van der Waals surface area (Å²) in [5, 5.41) is 13.9. The average molecular weight is 489 g/mol. The predicted octanol–water partition coefficient (Wildman–Crippen LogP) is 1.09. The maximum Gasteiger partial charge on any atom is 1.00 e. The van der Waals surface area contributed by atoms with E-state index in [4.69, 9.17) is 4.74 Å². The van der Waals surface area contributed by atoms with E-state index in [9.17, 15) is 18.7 Å². The molecule has 178 valence electrons. The van der Waals surface area contributed by atoms with Crippen molar-refractivity contribution in [3.8, 4) is 5.75 Å². The summed E-state index contributed by atoms with van der Waals surface area (Å²) in [4.78, 5) is 12.9. The summed E-state index contributed by atoms with van der Waals surface area (Å²) in [6.45, 7) is 2.62. The standard InChI is InChI=1S/C27H28F2N2O3.Na/c28-21-5-2-6-23(16-21)34-15-14-31-13-3-7-24-20(4-1-8-26(24)31)18-30-22-11-9-19(25(29)17-22)10-12-27(32)33;/h1-2,4-6,8-9,11,16-17,30H,3,7,10,12-15,18H2,(H,32,33);/q;+1/p-1. The maximum atomic E-state index is 14.3. The van der Waals surface area contributed by atoms with Crippen LogP contribution in [0.4, 0.5) is 20.2 Å². The number of nitrogens with one attached hydrogen (secondary N) is 1. The number of aliphatic carboxylic acids is 1. The molecule has 1 N–H and O–H groups in total. The van der Waals surface area contributed by atoms with Crippen molar-refractivity contribution in [2.24, 2.45) is 0 Å². The Bertz CT molecular complexity index is 1160. The number of rotatable bonds is 10. The summed E-state index contributed by atoms with van der Waals surface area (Å²) in [5.74, 6) is -1.41. The Balaban J connectivity index is 0.00000342. The maximum absolute atomic E-state index is 14.3. The van der Waals surface area contributed by atoms with Crippen molar-refractivity contribution in [1.29, 1.82) is 0 Å². The minimum absolute atomic E-state index is 0. The second-order valence-corrected chi connectivity index (χ2v) is 8.34. The number of benzene rings is 3. The monoisotopic (exact) mass is 488 g/mol. The van der Waals surface area contributed by atoms with Gasteiger partial charge in [-0.05, 0) is 72.7 Å². The summed E-state index contributed by atoms with van der Waals surface area (Å²) in [7, 11) is 0. The van der Waals surface area contributed by atoms with Gasteiger partial charge in [-0.1, -0.05) is 24.3 Å². The third-order valence-electron chi connectivity index (χ3n) is 6.00. The van der Waals surface area contributed by atoms with Gasteiger partial charge in [-0.2, -0.15) is 0 Å². The zero-order chi connectivity index (χ0) is 23.9. The second-order valence-electron chi connectivity index (χ2n) is 8.34. The first kappa shape index (κ1) is 27.0. The molecule has 4 rings (SSSR count). The average Bonchev–Trinajstić information content (AvgIpc) is 2.82. The fourth-order valence-corrected chi connectivity index (χ4v) is 4.30. The van der Waals surface area contributed by atoms with Crippen LogP contribution in [0.5, 0.6) is 5.75 Å². The van der Waals surface area contributed by atoms with Gasteiger partial charge in [0, 0.05) is 36.5 Å². The van der Waals surface area contributed by atoms with Crippen LogP contribution in [0, 0.1) is 11.6 Å². The first-order valence-electron chi connectivity index (χ1n) is 11.5. The molecule has 0 bridgehead atoms. The fourth-order valence-electron chi connectivity index (χ4n) is 4.30. The fraction of sp³-hybridized carbons (Fsp3) is 0.296. The zero-order valence-electron chi connectivity index (χ0n) is 19.9. The zero-order valence-corrected chi connectivity index (χ0v) is 21.9. The van der Waals surface area contributed by atoms with Crippen LogP contribution in [0.3, 0.4) is 0 Å². The van der Waals surface area contributed by atoms with Crippen molar-refractivity contribution >= 4 is 17.3 Å². The van der Waals surface area contributed by atoms with Crippen LogP contribution in [0.25, 0.3) is 0 Å².